The predicted octanol–water partition coefficient (Wildman–Crippen LogP) is 1.28. The second-order valence-electron chi connectivity index (χ2n) is 6.58. The lowest BCUT2D eigenvalue weighted by Gasteiger charge is -2.19. The second kappa shape index (κ2) is 7.70. The molecule has 0 aliphatic carbocycles. The highest BCUT2D eigenvalue weighted by Crippen LogP contribution is 2.20. The van der Waals surface area contributed by atoms with Crippen LogP contribution in [0.3, 0.4) is 0 Å². The zero-order valence-electron chi connectivity index (χ0n) is 13.3. The van der Waals surface area contributed by atoms with E-state index in [4.69, 9.17) is 4.74 Å². The maximum Gasteiger partial charge on any atom is 0.313 e. The Labute approximate surface area is 126 Å². The van der Waals surface area contributed by atoms with Gasteiger partial charge < -0.3 is 14.4 Å². The van der Waals surface area contributed by atoms with Crippen molar-refractivity contribution < 1.29 is 23.9 Å². The van der Waals surface area contributed by atoms with E-state index in [9.17, 15) is 14.4 Å². The first-order valence-corrected chi connectivity index (χ1v) is 10.9. The van der Waals surface area contributed by atoms with E-state index in [1.165, 1.54) is 7.11 Å². The van der Waals surface area contributed by atoms with Crippen molar-refractivity contribution in [1.82, 2.24) is 4.90 Å². The van der Waals surface area contributed by atoms with Gasteiger partial charge in [-0.2, -0.15) is 0 Å². The van der Waals surface area contributed by atoms with Gasteiger partial charge in [0, 0.05) is 33.6 Å². The fourth-order valence-corrected chi connectivity index (χ4v) is 2.78. The maximum atomic E-state index is 11.9. The van der Waals surface area contributed by atoms with E-state index in [1.54, 1.807) is 4.90 Å². The summed E-state index contributed by atoms with van der Waals surface area (Å²) in [6.07, 6.45) is -0.105. The van der Waals surface area contributed by atoms with Crippen LogP contribution in [0, 0.1) is 5.92 Å². The van der Waals surface area contributed by atoms with E-state index in [0.29, 0.717) is 13.2 Å². The van der Waals surface area contributed by atoms with Crippen LogP contribution < -0.4 is 0 Å². The van der Waals surface area contributed by atoms with Gasteiger partial charge >= 0.3 is 5.97 Å². The molecule has 0 bridgehead atoms. The smallest absolute Gasteiger partial charge is 0.313 e. The van der Waals surface area contributed by atoms with Crippen molar-refractivity contribution >= 4 is 25.7 Å². The fourth-order valence-electron chi connectivity index (χ4n) is 2.02. The van der Waals surface area contributed by atoms with Crippen molar-refractivity contribution in [1.29, 1.82) is 0 Å². The predicted molar refractivity (Wildman–Crippen MR) is 80.4 cm³/mol. The number of nitrogens with zero attached hydrogens (tertiary/aromatic N) is 1. The van der Waals surface area contributed by atoms with Gasteiger partial charge in [-0.05, 0) is 6.04 Å². The molecule has 1 rings (SSSR count). The number of ketones is 1. The molecule has 1 aliphatic rings. The van der Waals surface area contributed by atoms with Crippen molar-refractivity contribution in [3.8, 4) is 0 Å². The lowest BCUT2D eigenvalue weighted by Crippen LogP contribution is -2.30. The van der Waals surface area contributed by atoms with Gasteiger partial charge in [-0.25, -0.2) is 0 Å². The monoisotopic (exact) mass is 315 g/mol. The Morgan fingerprint density at radius 1 is 1.33 bits per heavy atom. The number of hydrogen-bond acceptors (Lipinski definition) is 5. The van der Waals surface area contributed by atoms with Gasteiger partial charge in [0.2, 0.25) is 5.91 Å². The van der Waals surface area contributed by atoms with Gasteiger partial charge in [-0.15, -0.1) is 0 Å². The molecule has 1 amide bonds. The molecule has 0 spiro atoms. The zero-order chi connectivity index (χ0) is 16.0. The Hall–Kier alpha value is -1.21. The van der Waals surface area contributed by atoms with Crippen molar-refractivity contribution in [2.45, 2.75) is 38.5 Å². The number of carbonyl (C=O) groups excluding carboxylic acids is 3. The molecule has 1 heterocycles. The summed E-state index contributed by atoms with van der Waals surface area (Å²) in [6, 6.07) is 1.04. The molecule has 1 atom stereocenters. The molecule has 0 aromatic rings. The highest BCUT2D eigenvalue weighted by atomic mass is 28.3. The number of hydrogen-bond donors (Lipinski definition) is 0. The van der Waals surface area contributed by atoms with Gasteiger partial charge in [0.05, 0.1) is 7.11 Å². The number of esters is 1. The molecular formula is C14H25NO5Si. The quantitative estimate of drug-likeness (QED) is 0.292. The lowest BCUT2D eigenvalue weighted by atomic mass is 10.0. The molecule has 0 N–H and O–H groups in total. The molecule has 21 heavy (non-hydrogen) atoms. The van der Waals surface area contributed by atoms with Crippen LogP contribution in [-0.2, 0) is 23.9 Å². The minimum Gasteiger partial charge on any atom is -0.469 e. The van der Waals surface area contributed by atoms with Crippen LogP contribution in [0.1, 0.15) is 12.8 Å². The number of rotatable bonds is 8. The van der Waals surface area contributed by atoms with Crippen LogP contribution in [0.4, 0.5) is 0 Å². The molecule has 120 valence electrons. The van der Waals surface area contributed by atoms with Crippen molar-refractivity contribution in [3.05, 3.63) is 0 Å². The van der Waals surface area contributed by atoms with Gasteiger partial charge in [-0.1, -0.05) is 19.6 Å². The van der Waals surface area contributed by atoms with Crippen LogP contribution >= 0.6 is 0 Å². The Kier molecular flexibility index (Phi) is 6.54. The van der Waals surface area contributed by atoms with Gasteiger partial charge in [0.15, 0.2) is 0 Å². The van der Waals surface area contributed by atoms with Gasteiger partial charge in [-0.3, -0.25) is 14.4 Å². The first-order chi connectivity index (χ1) is 9.73. The third-order valence-corrected chi connectivity index (χ3v) is 5.16. The summed E-state index contributed by atoms with van der Waals surface area (Å²) in [5.74, 6) is -1.31. The first-order valence-electron chi connectivity index (χ1n) is 7.18. The largest absolute Gasteiger partial charge is 0.469 e. The maximum absolute atomic E-state index is 11.9. The van der Waals surface area contributed by atoms with Crippen LogP contribution in [0.15, 0.2) is 0 Å². The average molecular weight is 315 g/mol. The fraction of sp³-hybridized carbons (Fsp3) is 0.786. The number of likely N-dealkylation sites (tertiary alicyclic amines) is 1. The van der Waals surface area contributed by atoms with E-state index in [2.05, 4.69) is 24.4 Å². The molecule has 7 heteroatoms. The van der Waals surface area contributed by atoms with Crippen molar-refractivity contribution in [2.75, 3.05) is 27.0 Å². The minimum absolute atomic E-state index is 0.0915. The summed E-state index contributed by atoms with van der Waals surface area (Å²) < 4.78 is 10.00. The van der Waals surface area contributed by atoms with Gasteiger partial charge in [0.1, 0.15) is 18.9 Å². The molecule has 1 aliphatic heterocycles. The molecular weight excluding hydrogens is 290 g/mol. The summed E-state index contributed by atoms with van der Waals surface area (Å²) in [6.45, 7) is 7.99. The number of amides is 1. The molecule has 0 radical (unpaired) electrons. The summed E-state index contributed by atoms with van der Waals surface area (Å²) in [5, 5.41) is 0. The summed E-state index contributed by atoms with van der Waals surface area (Å²) >= 11 is 0. The number of Topliss-reactive ketones (excluding diaryl/α,β-unsaturated/α-hetero) is 1. The molecule has 0 saturated carbocycles. The topological polar surface area (TPSA) is 72.9 Å². The molecule has 1 fully saturated rings. The molecule has 1 saturated heterocycles. The van der Waals surface area contributed by atoms with Crippen molar-refractivity contribution in [3.63, 3.8) is 0 Å². The number of ether oxygens (including phenoxy) is 2. The Morgan fingerprint density at radius 2 is 2.00 bits per heavy atom. The second-order valence-corrected chi connectivity index (χ2v) is 12.2. The molecule has 6 nitrogen and oxygen atoms in total. The van der Waals surface area contributed by atoms with E-state index in [-0.39, 0.29) is 31.3 Å². The van der Waals surface area contributed by atoms with E-state index < -0.39 is 20.0 Å². The highest BCUT2D eigenvalue weighted by molar-refractivity contribution is 6.76. The SMILES string of the molecule is COC(=O)CC(=O)C1CC(=O)N(COCC[Si](C)(C)C)C1. The summed E-state index contributed by atoms with van der Waals surface area (Å²) in [5.41, 5.74) is 0. The average Bonchev–Trinajstić information content (AvgIpc) is 2.75. The minimum atomic E-state index is -1.14. The van der Waals surface area contributed by atoms with E-state index in [1.807, 2.05) is 0 Å². The molecule has 1 unspecified atom stereocenters. The van der Waals surface area contributed by atoms with E-state index >= 15 is 0 Å². The molecule has 0 aromatic heterocycles. The number of carbonyl (C=O) groups is 3. The standard InChI is InChI=1S/C14H25NO5Si/c1-19-14(18)8-12(16)11-7-13(17)15(9-11)10-20-5-6-21(2,3)4/h11H,5-10H2,1-4H3. The van der Waals surface area contributed by atoms with Crippen molar-refractivity contribution in [2.24, 2.45) is 5.92 Å². The number of methoxy groups -OCH3 is 1. The van der Waals surface area contributed by atoms with Crippen LogP contribution in [0.2, 0.25) is 25.7 Å². The zero-order valence-corrected chi connectivity index (χ0v) is 14.3. The van der Waals surface area contributed by atoms with E-state index in [0.717, 1.165) is 6.04 Å². The Bertz CT molecular complexity index is 405. The lowest BCUT2D eigenvalue weighted by molar-refractivity contribution is -0.144. The third kappa shape index (κ3) is 6.39. The van der Waals surface area contributed by atoms with Crippen LogP contribution in [0.5, 0.6) is 0 Å². The Balaban J connectivity index is 2.34. The van der Waals surface area contributed by atoms with Gasteiger partial charge in [0.25, 0.3) is 0 Å². The van der Waals surface area contributed by atoms with Crippen LogP contribution in [-0.4, -0.2) is 57.6 Å². The third-order valence-electron chi connectivity index (χ3n) is 3.46. The van der Waals surface area contributed by atoms with Crippen LogP contribution in [0.25, 0.3) is 0 Å². The summed E-state index contributed by atoms with van der Waals surface area (Å²) in [7, 11) is 0.105. The molecule has 0 aromatic carbocycles. The first kappa shape index (κ1) is 17.8. The Morgan fingerprint density at radius 3 is 2.57 bits per heavy atom. The highest BCUT2D eigenvalue weighted by Gasteiger charge is 2.34. The normalized spacial score (nSPS) is 19.0. The summed E-state index contributed by atoms with van der Waals surface area (Å²) in [4.78, 5) is 36.3.